The van der Waals surface area contributed by atoms with Crippen molar-refractivity contribution in [2.24, 2.45) is 0 Å². The lowest BCUT2D eigenvalue weighted by atomic mass is 10.1. The van der Waals surface area contributed by atoms with Crippen molar-refractivity contribution in [2.45, 2.75) is 18.5 Å². The van der Waals surface area contributed by atoms with Gasteiger partial charge in [0.05, 0.1) is 18.8 Å². The molecule has 0 aliphatic carbocycles. The number of carbonyl (C=O) groups is 2. The van der Waals surface area contributed by atoms with Crippen LogP contribution in [0.2, 0.25) is 0 Å². The lowest BCUT2D eigenvalue weighted by Gasteiger charge is -2.20. The molecule has 2 aliphatic heterocycles. The molecule has 19 heavy (non-hydrogen) atoms. The van der Waals surface area contributed by atoms with Gasteiger partial charge in [-0.3, -0.25) is 4.79 Å². The molecular weight excluding hydrogens is 279 g/mol. The predicted octanol–water partition coefficient (Wildman–Crippen LogP) is -0.953. The van der Waals surface area contributed by atoms with Crippen LogP contribution in [0.1, 0.15) is 12.8 Å². The van der Waals surface area contributed by atoms with Crippen molar-refractivity contribution in [3.63, 3.8) is 0 Å². The number of alkyl halides is 1. The highest BCUT2D eigenvalue weighted by molar-refractivity contribution is 7.89. The Bertz CT molecular complexity index is 508. The van der Waals surface area contributed by atoms with Crippen LogP contribution in [-0.2, 0) is 19.6 Å². The highest BCUT2D eigenvalue weighted by atomic mass is 32.2. The Labute approximate surface area is 110 Å². The van der Waals surface area contributed by atoms with Gasteiger partial charge < -0.3 is 10.0 Å². The Morgan fingerprint density at radius 1 is 1.32 bits per heavy atom. The summed E-state index contributed by atoms with van der Waals surface area (Å²) < 4.78 is 37.9. The van der Waals surface area contributed by atoms with Gasteiger partial charge in [0.15, 0.2) is 0 Å². The lowest BCUT2D eigenvalue weighted by molar-refractivity contribution is -0.150. The van der Waals surface area contributed by atoms with Gasteiger partial charge in [0, 0.05) is 19.5 Å². The van der Waals surface area contributed by atoms with Gasteiger partial charge in [-0.15, -0.1) is 0 Å². The molecule has 1 N–H and O–H groups in total. The first-order valence-corrected chi connectivity index (χ1v) is 7.53. The summed E-state index contributed by atoms with van der Waals surface area (Å²) in [5, 5.41) is 8.72. The van der Waals surface area contributed by atoms with E-state index in [2.05, 4.69) is 0 Å². The molecule has 0 spiro atoms. The molecule has 0 aromatic heterocycles. The second-order valence-corrected chi connectivity index (χ2v) is 6.93. The topological polar surface area (TPSA) is 95.0 Å². The minimum atomic E-state index is -3.38. The summed E-state index contributed by atoms with van der Waals surface area (Å²) in [6.07, 6.45) is 0.207. The van der Waals surface area contributed by atoms with E-state index in [1.54, 1.807) is 0 Å². The highest BCUT2D eigenvalue weighted by Gasteiger charge is 2.47. The van der Waals surface area contributed by atoms with Crippen LogP contribution in [0.25, 0.3) is 0 Å². The fourth-order valence-corrected chi connectivity index (χ4v) is 3.75. The number of rotatable bonds is 3. The zero-order chi connectivity index (χ0) is 14.3. The van der Waals surface area contributed by atoms with E-state index in [0.29, 0.717) is 6.42 Å². The van der Waals surface area contributed by atoms with Gasteiger partial charge in [-0.25, -0.2) is 17.6 Å². The Hall–Kier alpha value is -1.22. The molecule has 0 radical (unpaired) electrons. The number of halogens is 1. The molecule has 0 saturated carbocycles. The summed E-state index contributed by atoms with van der Waals surface area (Å²) in [7, 11) is -3.38. The summed E-state index contributed by atoms with van der Waals surface area (Å²) in [6.45, 7) is -0.579. The molecule has 1 atom stereocenters. The Balaban J connectivity index is 1.97. The maximum Gasteiger partial charge on any atom is 0.343 e. The number of amides is 1. The molecule has 0 bridgehead atoms. The SMILES string of the molecule is O=C(CN1CCCS1(=O)=O)N1CCC(F)(C(=O)O)C1. The van der Waals surface area contributed by atoms with E-state index in [0.717, 1.165) is 9.21 Å². The van der Waals surface area contributed by atoms with Crippen molar-refractivity contribution >= 4 is 21.9 Å². The number of nitrogens with zero attached hydrogens (tertiary/aromatic N) is 2. The fourth-order valence-electron chi connectivity index (χ4n) is 2.28. The van der Waals surface area contributed by atoms with E-state index < -0.39 is 34.1 Å². The number of carboxylic acid groups (broad SMARTS) is 1. The maximum absolute atomic E-state index is 13.8. The monoisotopic (exact) mass is 294 g/mol. The maximum atomic E-state index is 13.8. The molecule has 2 rings (SSSR count). The standard InChI is InChI=1S/C10H15FN2O5S/c11-10(9(15)16)2-4-12(7-10)8(14)6-13-3-1-5-19(13,17)18/h1-7H2,(H,15,16). The zero-order valence-corrected chi connectivity index (χ0v) is 11.0. The van der Waals surface area contributed by atoms with Crippen molar-refractivity contribution in [1.29, 1.82) is 0 Å². The number of hydrogen-bond donors (Lipinski definition) is 1. The number of sulfonamides is 1. The number of carbonyl (C=O) groups excluding carboxylic acids is 1. The first-order chi connectivity index (χ1) is 8.74. The fraction of sp³-hybridized carbons (Fsp3) is 0.800. The smallest absolute Gasteiger partial charge is 0.343 e. The number of likely N-dealkylation sites (tertiary alicyclic amines) is 1. The van der Waals surface area contributed by atoms with Gasteiger partial charge in [-0.05, 0) is 6.42 Å². The van der Waals surface area contributed by atoms with Gasteiger partial charge in [0.1, 0.15) is 0 Å². The molecule has 2 saturated heterocycles. The Morgan fingerprint density at radius 3 is 2.47 bits per heavy atom. The van der Waals surface area contributed by atoms with Gasteiger partial charge in [0.25, 0.3) is 0 Å². The molecule has 1 amide bonds. The molecule has 0 aromatic rings. The van der Waals surface area contributed by atoms with Gasteiger partial charge in [-0.1, -0.05) is 0 Å². The summed E-state index contributed by atoms with van der Waals surface area (Å²) >= 11 is 0. The molecule has 0 aromatic carbocycles. The minimum absolute atomic E-state index is 0.00444. The molecular formula is C10H15FN2O5S. The third kappa shape index (κ3) is 2.71. The van der Waals surface area contributed by atoms with Crippen LogP contribution in [-0.4, -0.2) is 72.2 Å². The van der Waals surface area contributed by atoms with Crippen molar-refractivity contribution in [3.05, 3.63) is 0 Å². The number of carboxylic acids is 1. The number of aliphatic carboxylic acids is 1. The van der Waals surface area contributed by atoms with E-state index in [-0.39, 0.29) is 31.8 Å². The summed E-state index contributed by atoms with van der Waals surface area (Å²) in [4.78, 5) is 23.7. The van der Waals surface area contributed by atoms with Crippen molar-refractivity contribution < 1.29 is 27.5 Å². The average Bonchev–Trinajstić information content (AvgIpc) is 2.84. The second kappa shape index (κ2) is 4.71. The van der Waals surface area contributed by atoms with Crippen LogP contribution in [0.5, 0.6) is 0 Å². The van der Waals surface area contributed by atoms with E-state index in [4.69, 9.17) is 5.11 Å². The molecule has 108 valence electrons. The zero-order valence-electron chi connectivity index (χ0n) is 10.2. The van der Waals surface area contributed by atoms with Crippen LogP contribution in [0.4, 0.5) is 4.39 Å². The summed E-state index contributed by atoms with van der Waals surface area (Å²) in [5.41, 5.74) is -2.42. The predicted molar refractivity (Wildman–Crippen MR) is 62.6 cm³/mol. The molecule has 1 unspecified atom stereocenters. The third-order valence-corrected chi connectivity index (χ3v) is 5.37. The van der Waals surface area contributed by atoms with E-state index in [1.807, 2.05) is 0 Å². The molecule has 9 heteroatoms. The molecule has 2 heterocycles. The molecule has 7 nitrogen and oxygen atoms in total. The van der Waals surface area contributed by atoms with Crippen LogP contribution >= 0.6 is 0 Å². The molecule has 2 aliphatic rings. The van der Waals surface area contributed by atoms with Crippen LogP contribution in [0.15, 0.2) is 0 Å². The lowest BCUT2D eigenvalue weighted by Crippen LogP contribution is -2.43. The summed E-state index contributed by atoms with van der Waals surface area (Å²) in [5.74, 6) is -2.12. The largest absolute Gasteiger partial charge is 0.479 e. The van der Waals surface area contributed by atoms with Crippen molar-refractivity contribution in [1.82, 2.24) is 9.21 Å². The average molecular weight is 294 g/mol. The van der Waals surface area contributed by atoms with E-state index in [9.17, 15) is 22.4 Å². The van der Waals surface area contributed by atoms with Gasteiger partial charge >= 0.3 is 5.97 Å². The Kier molecular flexibility index (Phi) is 3.52. The van der Waals surface area contributed by atoms with E-state index >= 15 is 0 Å². The van der Waals surface area contributed by atoms with Crippen LogP contribution in [0.3, 0.4) is 0 Å². The second-order valence-electron chi connectivity index (χ2n) is 4.84. The van der Waals surface area contributed by atoms with Crippen LogP contribution < -0.4 is 0 Å². The third-order valence-electron chi connectivity index (χ3n) is 3.47. The van der Waals surface area contributed by atoms with Crippen molar-refractivity contribution in [3.8, 4) is 0 Å². The van der Waals surface area contributed by atoms with Crippen molar-refractivity contribution in [2.75, 3.05) is 31.9 Å². The van der Waals surface area contributed by atoms with Gasteiger partial charge in [0.2, 0.25) is 21.6 Å². The quantitative estimate of drug-likeness (QED) is 0.724. The minimum Gasteiger partial charge on any atom is -0.479 e. The normalized spacial score (nSPS) is 30.7. The van der Waals surface area contributed by atoms with E-state index in [1.165, 1.54) is 0 Å². The highest BCUT2D eigenvalue weighted by Crippen LogP contribution is 2.26. The first-order valence-electron chi connectivity index (χ1n) is 5.92. The first kappa shape index (κ1) is 14.2. The molecule has 2 fully saturated rings. The van der Waals surface area contributed by atoms with Crippen LogP contribution in [0, 0.1) is 0 Å². The number of hydrogen-bond acceptors (Lipinski definition) is 4. The Morgan fingerprint density at radius 2 is 2.00 bits per heavy atom. The van der Waals surface area contributed by atoms with Gasteiger partial charge in [-0.2, -0.15) is 4.31 Å². The summed E-state index contributed by atoms with van der Waals surface area (Å²) in [6, 6.07) is 0.